The van der Waals surface area contributed by atoms with Gasteiger partial charge in [0, 0.05) is 74.5 Å². The summed E-state index contributed by atoms with van der Waals surface area (Å²) < 4.78 is 46.1. The maximum Gasteiger partial charge on any atom is 0.438 e. The molecule has 1 saturated heterocycles. The van der Waals surface area contributed by atoms with E-state index in [0.717, 1.165) is 29.2 Å². The number of H-pyrrole nitrogens is 1. The molecule has 1 saturated carbocycles. The Morgan fingerprint density at radius 1 is 1.00 bits per heavy atom. The Bertz CT molecular complexity index is 3170. The average molecular weight is 903 g/mol. The molecule has 5 aromatic heterocycles. The SMILES string of the molecule is CCP(=O)(CC)c1ccc(-n2ccn(-c3c4c(nn3-c3cc(C)c(F)c(C)c3)CCN(C(=O)c3cc5cc(C6CCOCC6)cnn5c3C3(c5noc(=O)[nH]5)CC3)[C@H]4C)c2=O)cc1NC. The van der Waals surface area contributed by atoms with Crippen LogP contribution in [0.1, 0.15) is 108 Å². The van der Waals surface area contributed by atoms with Gasteiger partial charge in [0.1, 0.15) is 18.8 Å². The van der Waals surface area contributed by atoms with E-state index in [1.165, 1.54) is 9.13 Å². The molecule has 10 rings (SSSR count). The molecule has 7 heterocycles. The Hall–Kier alpha value is -6.32. The molecule has 1 amide bonds. The number of fused-ring (bicyclic) bond motifs is 2. The third-order valence-corrected chi connectivity index (χ3v) is 17.3. The van der Waals surface area contributed by atoms with Gasteiger partial charge in [0.25, 0.3) is 5.91 Å². The van der Waals surface area contributed by atoms with E-state index in [-0.39, 0.29) is 17.6 Å². The molecule has 2 N–H and O–H groups in total. The van der Waals surface area contributed by atoms with Crippen LogP contribution in [-0.2, 0) is 21.1 Å². The molecular weight excluding hydrogens is 851 g/mol. The van der Waals surface area contributed by atoms with Gasteiger partial charge in [0.2, 0.25) is 0 Å². The van der Waals surface area contributed by atoms with Crippen molar-refractivity contribution >= 4 is 29.6 Å². The van der Waals surface area contributed by atoms with Crippen molar-refractivity contribution < 1.29 is 23.0 Å². The highest BCUT2D eigenvalue weighted by atomic mass is 31.2. The number of carbonyl (C=O) groups excluding carboxylic acids is 1. The van der Waals surface area contributed by atoms with E-state index in [2.05, 4.69) is 21.5 Å². The highest BCUT2D eigenvalue weighted by Gasteiger charge is 2.54. The number of aromatic nitrogens is 8. The van der Waals surface area contributed by atoms with Crippen molar-refractivity contribution in [2.24, 2.45) is 0 Å². The first-order valence-corrected chi connectivity index (χ1v) is 24.5. The number of aromatic amines is 1. The Kier molecular flexibility index (Phi) is 10.5. The lowest BCUT2D eigenvalue weighted by atomic mass is 9.93. The van der Waals surface area contributed by atoms with Crippen LogP contribution in [0.4, 0.5) is 10.1 Å². The molecule has 1 aliphatic carbocycles. The molecule has 0 radical (unpaired) electrons. The second-order valence-electron chi connectivity index (χ2n) is 17.7. The van der Waals surface area contributed by atoms with Crippen molar-refractivity contribution in [1.29, 1.82) is 0 Å². The van der Waals surface area contributed by atoms with E-state index in [1.807, 2.05) is 51.2 Å². The largest absolute Gasteiger partial charge is 0.438 e. The second-order valence-corrected chi connectivity index (χ2v) is 21.2. The maximum atomic E-state index is 15.4. The van der Waals surface area contributed by atoms with E-state index in [1.54, 1.807) is 59.5 Å². The third-order valence-electron chi connectivity index (χ3n) is 14.0. The van der Waals surface area contributed by atoms with Crippen LogP contribution in [0.25, 0.3) is 22.7 Å². The van der Waals surface area contributed by atoms with Crippen molar-refractivity contribution in [1.82, 2.24) is 43.6 Å². The number of carbonyl (C=O) groups is 1. The van der Waals surface area contributed by atoms with Gasteiger partial charge in [0.15, 0.2) is 5.82 Å². The van der Waals surface area contributed by atoms with Crippen molar-refractivity contribution in [2.75, 3.05) is 44.4 Å². The Morgan fingerprint density at radius 3 is 2.38 bits per heavy atom. The fraction of sp³-hybridized carbons (Fsp3) is 0.404. The molecule has 2 fully saturated rings. The number of benzene rings is 2. The van der Waals surface area contributed by atoms with Crippen LogP contribution in [0, 0.1) is 19.7 Å². The average Bonchev–Trinajstić information content (AvgIpc) is 3.60. The van der Waals surface area contributed by atoms with E-state index in [0.29, 0.717) is 114 Å². The van der Waals surface area contributed by atoms with Gasteiger partial charge in [-0.3, -0.25) is 23.4 Å². The molecule has 18 heteroatoms. The van der Waals surface area contributed by atoms with E-state index in [9.17, 15) is 14.2 Å². The molecule has 0 bridgehead atoms. The topological polar surface area (TPSA) is 180 Å². The predicted molar refractivity (Wildman–Crippen MR) is 244 cm³/mol. The first-order chi connectivity index (χ1) is 31.3. The highest BCUT2D eigenvalue weighted by Crippen LogP contribution is 2.54. The van der Waals surface area contributed by atoms with Gasteiger partial charge in [-0.15, -0.1) is 0 Å². The zero-order valence-electron chi connectivity index (χ0n) is 37.4. The maximum absolute atomic E-state index is 15.4. The summed E-state index contributed by atoms with van der Waals surface area (Å²) in [6.45, 7) is 10.8. The molecule has 338 valence electrons. The molecule has 3 aliphatic rings. The molecule has 16 nitrogen and oxygen atoms in total. The van der Waals surface area contributed by atoms with Gasteiger partial charge in [-0.25, -0.2) is 23.2 Å². The monoisotopic (exact) mass is 902 g/mol. The minimum Gasteiger partial charge on any atom is -0.387 e. The minimum atomic E-state index is -2.65. The summed E-state index contributed by atoms with van der Waals surface area (Å²) in [4.78, 5) is 47.1. The van der Waals surface area contributed by atoms with Crippen LogP contribution in [0.5, 0.6) is 0 Å². The van der Waals surface area contributed by atoms with Gasteiger partial charge in [-0.05, 0) is 112 Å². The van der Waals surface area contributed by atoms with E-state index >= 15 is 9.18 Å². The lowest BCUT2D eigenvalue weighted by Crippen LogP contribution is -2.40. The number of ether oxygens (including phenoxy) is 1. The minimum absolute atomic E-state index is 0.249. The van der Waals surface area contributed by atoms with Crippen LogP contribution >= 0.6 is 7.14 Å². The number of nitrogens with zero attached hydrogens (tertiary/aromatic N) is 8. The van der Waals surface area contributed by atoms with Crippen LogP contribution in [0.2, 0.25) is 0 Å². The number of nitrogens with one attached hydrogen (secondary N) is 2. The molecule has 2 aliphatic heterocycles. The zero-order chi connectivity index (χ0) is 45.5. The molecule has 0 spiro atoms. The standard InChI is InChI=1S/C47H52FN10O6P/c1-7-65(62,8-2)38-10-9-32(25-37(38)49-6)55-17-18-56(46(55)61)42-39-29(5)54(16-11-36(39)52-58(42)33-21-27(3)40(48)28(4)22-33)43(59)35-24-34-23-31(30-12-19-63-20-13-30)26-50-57(34)41(35)47(14-15-47)44-51-45(60)64-53-44/h9-10,17-18,21-26,29-30,49H,7-8,11-16,19-20H2,1-6H3,(H,51,53,60)/t29-/m0/s1. The summed E-state index contributed by atoms with van der Waals surface area (Å²) in [7, 11) is -0.875. The van der Waals surface area contributed by atoms with E-state index < -0.39 is 30.0 Å². The normalized spacial score (nSPS) is 17.5. The number of anilines is 1. The number of rotatable bonds is 11. The highest BCUT2D eigenvalue weighted by molar-refractivity contribution is 7.71. The van der Waals surface area contributed by atoms with Gasteiger partial charge in [-0.2, -0.15) is 10.2 Å². The number of hydrogen-bond donors (Lipinski definition) is 2. The van der Waals surface area contributed by atoms with Crippen molar-refractivity contribution in [2.45, 2.75) is 84.1 Å². The van der Waals surface area contributed by atoms with Gasteiger partial charge >= 0.3 is 11.4 Å². The van der Waals surface area contributed by atoms with Gasteiger partial charge in [-0.1, -0.05) is 19.0 Å². The van der Waals surface area contributed by atoms with E-state index in [4.69, 9.17) is 19.5 Å². The zero-order valence-corrected chi connectivity index (χ0v) is 38.2. The van der Waals surface area contributed by atoms with Crippen LogP contribution in [0.3, 0.4) is 0 Å². The Labute approximate surface area is 373 Å². The number of halogens is 1. The Balaban J connectivity index is 1.10. The van der Waals surface area contributed by atoms with Crippen LogP contribution in [-0.4, -0.2) is 88.6 Å². The van der Waals surface area contributed by atoms with Gasteiger partial charge in [0.05, 0.1) is 51.5 Å². The molecule has 65 heavy (non-hydrogen) atoms. The molecule has 1 atom stereocenters. The Morgan fingerprint density at radius 2 is 1.72 bits per heavy atom. The lowest BCUT2D eigenvalue weighted by molar-refractivity contribution is 0.0675. The lowest BCUT2D eigenvalue weighted by Gasteiger charge is -2.34. The molecule has 0 unspecified atom stereocenters. The quantitative estimate of drug-likeness (QED) is 0.133. The first-order valence-electron chi connectivity index (χ1n) is 22.4. The summed E-state index contributed by atoms with van der Waals surface area (Å²) >= 11 is 0. The summed E-state index contributed by atoms with van der Waals surface area (Å²) in [5.74, 6) is -0.205. The fourth-order valence-corrected chi connectivity index (χ4v) is 12.3. The first kappa shape index (κ1) is 42.6. The summed E-state index contributed by atoms with van der Waals surface area (Å²) in [5.41, 5.74) is 5.73. The van der Waals surface area contributed by atoms with Crippen molar-refractivity contribution in [3.05, 3.63) is 133 Å². The number of amides is 1. The molecule has 7 aromatic rings. The summed E-state index contributed by atoms with van der Waals surface area (Å²) in [5, 5.41) is 18.1. The smallest absolute Gasteiger partial charge is 0.387 e. The summed E-state index contributed by atoms with van der Waals surface area (Å²) in [6.07, 6.45) is 9.62. The number of aryl methyl sites for hydroxylation is 2. The van der Waals surface area contributed by atoms with Gasteiger partial charge < -0.3 is 19.5 Å². The number of hydrogen-bond acceptors (Lipinski definition) is 10. The summed E-state index contributed by atoms with van der Waals surface area (Å²) in [6, 6.07) is 12.3. The van der Waals surface area contributed by atoms with Crippen LogP contribution < -0.4 is 22.1 Å². The molecule has 2 aromatic carbocycles. The van der Waals surface area contributed by atoms with Crippen molar-refractivity contribution in [3.63, 3.8) is 0 Å². The second kappa shape index (κ2) is 16.0. The molecular formula is C47H52FN10O6P. The van der Waals surface area contributed by atoms with Crippen LogP contribution in [0.15, 0.2) is 75.2 Å². The van der Waals surface area contributed by atoms with Crippen molar-refractivity contribution in [3.8, 4) is 17.2 Å². The fourth-order valence-electron chi connectivity index (χ4n) is 10.2. The third kappa shape index (κ3) is 6.84. The predicted octanol–water partition coefficient (Wildman–Crippen LogP) is 6.70. The number of imidazole rings is 1.